The standard InChI is InChI=1S/C13H21NO2/c1-11(10-15-2)14-9-13(16-3)12-7-5-4-6-8-12/h4-8,11,13-14H,9-10H2,1-3H3. The molecule has 0 aliphatic heterocycles. The Balaban J connectivity index is 2.44. The molecule has 3 nitrogen and oxygen atoms in total. The average Bonchev–Trinajstić information content (AvgIpc) is 2.31. The summed E-state index contributed by atoms with van der Waals surface area (Å²) in [4.78, 5) is 0. The molecular formula is C13H21NO2. The highest BCUT2D eigenvalue weighted by Gasteiger charge is 2.10. The number of hydrogen-bond donors (Lipinski definition) is 1. The molecule has 0 aliphatic carbocycles. The molecule has 0 saturated carbocycles. The lowest BCUT2D eigenvalue weighted by molar-refractivity contribution is 0.0934. The first-order chi connectivity index (χ1) is 7.77. The van der Waals surface area contributed by atoms with Crippen LogP contribution in [0.15, 0.2) is 30.3 Å². The molecule has 0 aromatic heterocycles. The Morgan fingerprint density at radius 2 is 1.88 bits per heavy atom. The van der Waals surface area contributed by atoms with Crippen molar-refractivity contribution in [1.82, 2.24) is 5.32 Å². The van der Waals surface area contributed by atoms with Crippen molar-refractivity contribution >= 4 is 0 Å². The van der Waals surface area contributed by atoms with Crippen LogP contribution in [0.3, 0.4) is 0 Å². The van der Waals surface area contributed by atoms with Gasteiger partial charge >= 0.3 is 0 Å². The second kappa shape index (κ2) is 7.39. The Morgan fingerprint density at radius 1 is 1.19 bits per heavy atom. The predicted octanol–water partition coefficient (Wildman–Crippen LogP) is 2.00. The van der Waals surface area contributed by atoms with Gasteiger partial charge in [0, 0.05) is 26.8 Å². The van der Waals surface area contributed by atoms with Gasteiger partial charge in [-0.3, -0.25) is 0 Å². The molecule has 0 spiro atoms. The van der Waals surface area contributed by atoms with Crippen molar-refractivity contribution in [2.24, 2.45) is 0 Å². The van der Waals surface area contributed by atoms with Gasteiger partial charge in [-0.2, -0.15) is 0 Å². The summed E-state index contributed by atoms with van der Waals surface area (Å²) in [5.74, 6) is 0. The molecule has 0 fully saturated rings. The molecule has 1 N–H and O–H groups in total. The first-order valence-corrected chi connectivity index (χ1v) is 5.58. The van der Waals surface area contributed by atoms with Crippen LogP contribution in [0.2, 0.25) is 0 Å². The van der Waals surface area contributed by atoms with E-state index in [0.29, 0.717) is 12.6 Å². The molecule has 1 rings (SSSR count). The van der Waals surface area contributed by atoms with Gasteiger partial charge in [0.05, 0.1) is 12.7 Å². The highest BCUT2D eigenvalue weighted by Crippen LogP contribution is 2.14. The number of methoxy groups -OCH3 is 2. The Hall–Kier alpha value is -0.900. The Morgan fingerprint density at radius 3 is 2.44 bits per heavy atom. The number of nitrogens with one attached hydrogen (secondary N) is 1. The van der Waals surface area contributed by atoms with Crippen molar-refractivity contribution in [2.45, 2.75) is 19.1 Å². The molecule has 2 atom stereocenters. The van der Waals surface area contributed by atoms with E-state index in [9.17, 15) is 0 Å². The van der Waals surface area contributed by atoms with Crippen molar-refractivity contribution in [3.05, 3.63) is 35.9 Å². The minimum absolute atomic E-state index is 0.0977. The van der Waals surface area contributed by atoms with Crippen molar-refractivity contribution in [3.8, 4) is 0 Å². The minimum atomic E-state index is 0.0977. The molecule has 90 valence electrons. The normalized spacial score (nSPS) is 14.7. The third kappa shape index (κ3) is 4.31. The highest BCUT2D eigenvalue weighted by molar-refractivity contribution is 5.17. The molecule has 0 amide bonds. The van der Waals surface area contributed by atoms with Crippen LogP contribution in [0.1, 0.15) is 18.6 Å². The van der Waals surface area contributed by atoms with Gasteiger partial charge < -0.3 is 14.8 Å². The topological polar surface area (TPSA) is 30.5 Å². The van der Waals surface area contributed by atoms with Crippen LogP contribution in [0, 0.1) is 0 Å². The van der Waals surface area contributed by atoms with Crippen molar-refractivity contribution < 1.29 is 9.47 Å². The van der Waals surface area contributed by atoms with E-state index in [1.54, 1.807) is 14.2 Å². The molecule has 0 heterocycles. The first-order valence-electron chi connectivity index (χ1n) is 5.58. The van der Waals surface area contributed by atoms with Crippen molar-refractivity contribution in [2.75, 3.05) is 27.4 Å². The second-order valence-corrected chi connectivity index (χ2v) is 3.90. The zero-order valence-electron chi connectivity index (χ0n) is 10.3. The van der Waals surface area contributed by atoms with Gasteiger partial charge in [-0.1, -0.05) is 30.3 Å². The van der Waals surface area contributed by atoms with Crippen LogP contribution in [0.5, 0.6) is 0 Å². The molecule has 2 unspecified atom stereocenters. The average molecular weight is 223 g/mol. The molecule has 3 heteroatoms. The van der Waals surface area contributed by atoms with Crippen LogP contribution >= 0.6 is 0 Å². The maximum absolute atomic E-state index is 5.46. The SMILES string of the molecule is COCC(C)NCC(OC)c1ccccc1. The molecular weight excluding hydrogens is 202 g/mol. The summed E-state index contributed by atoms with van der Waals surface area (Å²) in [6.45, 7) is 3.61. The molecule has 0 aliphatic rings. The fraction of sp³-hybridized carbons (Fsp3) is 0.538. The van der Waals surface area contributed by atoms with Crippen LogP contribution in [0.4, 0.5) is 0 Å². The summed E-state index contributed by atoms with van der Waals surface area (Å²) in [5, 5.41) is 3.38. The highest BCUT2D eigenvalue weighted by atomic mass is 16.5. The van der Waals surface area contributed by atoms with Crippen molar-refractivity contribution in [1.29, 1.82) is 0 Å². The largest absolute Gasteiger partial charge is 0.383 e. The van der Waals surface area contributed by atoms with E-state index in [-0.39, 0.29) is 6.10 Å². The Labute approximate surface area is 97.8 Å². The summed E-state index contributed by atoms with van der Waals surface area (Å²) >= 11 is 0. The van der Waals surface area contributed by atoms with Crippen LogP contribution < -0.4 is 5.32 Å². The van der Waals surface area contributed by atoms with Crippen LogP contribution in [0.25, 0.3) is 0 Å². The van der Waals surface area contributed by atoms with Gasteiger partial charge in [0.2, 0.25) is 0 Å². The third-order valence-corrected chi connectivity index (χ3v) is 2.52. The minimum Gasteiger partial charge on any atom is -0.383 e. The summed E-state index contributed by atoms with van der Waals surface area (Å²) in [7, 11) is 3.45. The van der Waals surface area contributed by atoms with E-state index in [1.165, 1.54) is 5.56 Å². The number of rotatable bonds is 7. The van der Waals surface area contributed by atoms with E-state index in [4.69, 9.17) is 9.47 Å². The molecule has 1 aromatic carbocycles. The lowest BCUT2D eigenvalue weighted by Gasteiger charge is -2.19. The Kier molecular flexibility index (Phi) is 6.08. The van der Waals surface area contributed by atoms with E-state index in [0.717, 1.165) is 6.54 Å². The quantitative estimate of drug-likeness (QED) is 0.767. The first kappa shape index (κ1) is 13.2. The van der Waals surface area contributed by atoms with Crippen LogP contribution in [-0.2, 0) is 9.47 Å². The number of hydrogen-bond acceptors (Lipinski definition) is 3. The molecule has 1 aromatic rings. The molecule has 0 radical (unpaired) electrons. The van der Waals surface area contributed by atoms with Gasteiger partial charge in [0.25, 0.3) is 0 Å². The lowest BCUT2D eigenvalue weighted by atomic mass is 10.1. The van der Waals surface area contributed by atoms with E-state index in [2.05, 4.69) is 24.4 Å². The number of benzene rings is 1. The zero-order valence-corrected chi connectivity index (χ0v) is 10.3. The maximum Gasteiger partial charge on any atom is 0.0945 e. The maximum atomic E-state index is 5.46. The van der Waals surface area contributed by atoms with E-state index >= 15 is 0 Å². The zero-order chi connectivity index (χ0) is 11.8. The van der Waals surface area contributed by atoms with Crippen molar-refractivity contribution in [3.63, 3.8) is 0 Å². The van der Waals surface area contributed by atoms with Gasteiger partial charge in [-0.25, -0.2) is 0 Å². The van der Waals surface area contributed by atoms with Gasteiger partial charge in [0.1, 0.15) is 0 Å². The lowest BCUT2D eigenvalue weighted by Crippen LogP contribution is -2.34. The summed E-state index contributed by atoms with van der Waals surface area (Å²) in [6.07, 6.45) is 0.0977. The molecule has 16 heavy (non-hydrogen) atoms. The molecule has 0 saturated heterocycles. The summed E-state index contributed by atoms with van der Waals surface area (Å²) in [5.41, 5.74) is 1.20. The van der Waals surface area contributed by atoms with Gasteiger partial charge in [-0.15, -0.1) is 0 Å². The van der Waals surface area contributed by atoms with E-state index in [1.807, 2.05) is 18.2 Å². The Bertz CT molecular complexity index is 277. The summed E-state index contributed by atoms with van der Waals surface area (Å²) in [6, 6.07) is 10.6. The monoisotopic (exact) mass is 223 g/mol. The fourth-order valence-corrected chi connectivity index (χ4v) is 1.62. The van der Waals surface area contributed by atoms with E-state index < -0.39 is 0 Å². The van der Waals surface area contributed by atoms with Crippen LogP contribution in [-0.4, -0.2) is 33.4 Å². The fourth-order valence-electron chi connectivity index (χ4n) is 1.62. The van der Waals surface area contributed by atoms with Gasteiger partial charge in [0.15, 0.2) is 0 Å². The van der Waals surface area contributed by atoms with Gasteiger partial charge in [-0.05, 0) is 12.5 Å². The molecule has 0 bridgehead atoms. The predicted molar refractivity (Wildman–Crippen MR) is 65.5 cm³/mol. The smallest absolute Gasteiger partial charge is 0.0945 e. The second-order valence-electron chi connectivity index (χ2n) is 3.90. The third-order valence-electron chi connectivity index (χ3n) is 2.52. The number of ether oxygens (including phenoxy) is 2. The summed E-state index contributed by atoms with van der Waals surface area (Å²) < 4.78 is 10.5.